The number of benzene rings is 3. The van der Waals surface area contributed by atoms with Gasteiger partial charge in [-0.2, -0.15) is 23.5 Å². The molecule has 116 valence electrons. The lowest BCUT2D eigenvalue weighted by molar-refractivity contribution is 1.32. The van der Waals surface area contributed by atoms with E-state index in [4.69, 9.17) is 5.73 Å². The van der Waals surface area contributed by atoms with Crippen molar-refractivity contribution in [1.29, 1.82) is 0 Å². The van der Waals surface area contributed by atoms with Crippen molar-refractivity contribution in [2.45, 2.75) is 23.0 Å². The smallest absolute Gasteiger partial charge is 0.0396 e. The van der Waals surface area contributed by atoms with Gasteiger partial charge in [-0.25, -0.2) is 0 Å². The molecule has 0 aromatic heterocycles. The maximum absolute atomic E-state index is 6.38. The van der Waals surface area contributed by atoms with E-state index in [1.807, 2.05) is 23.5 Å². The third kappa shape index (κ3) is 2.96. The maximum Gasteiger partial charge on any atom is 0.0396 e. The Hall–Kier alpha value is -1.58. The fourth-order valence-electron chi connectivity index (χ4n) is 3.14. The lowest BCUT2D eigenvalue weighted by Gasteiger charge is -2.10. The fraction of sp³-hybridized carbons (Fsp3) is 0.200. The van der Waals surface area contributed by atoms with Gasteiger partial charge >= 0.3 is 0 Å². The number of hydrogen-bond donors (Lipinski definition) is 1. The van der Waals surface area contributed by atoms with Gasteiger partial charge in [0, 0.05) is 28.7 Å². The van der Waals surface area contributed by atoms with Crippen molar-refractivity contribution in [3.8, 4) is 0 Å². The van der Waals surface area contributed by atoms with Crippen LogP contribution >= 0.6 is 23.5 Å². The van der Waals surface area contributed by atoms with Gasteiger partial charge in [0.2, 0.25) is 0 Å². The monoisotopic (exact) mass is 337 g/mol. The third-order valence-electron chi connectivity index (χ3n) is 4.42. The first-order valence-electron chi connectivity index (χ1n) is 7.84. The van der Waals surface area contributed by atoms with Crippen LogP contribution in [-0.4, -0.2) is 0 Å². The highest BCUT2D eigenvalue weighted by molar-refractivity contribution is 7.98. The van der Waals surface area contributed by atoms with Crippen LogP contribution in [0, 0.1) is 0 Å². The number of nitrogens with two attached hydrogens (primary N) is 1. The molecule has 0 radical (unpaired) electrons. The van der Waals surface area contributed by atoms with Gasteiger partial charge in [0.25, 0.3) is 0 Å². The van der Waals surface area contributed by atoms with Gasteiger partial charge in [0.15, 0.2) is 0 Å². The summed E-state index contributed by atoms with van der Waals surface area (Å²) in [6.45, 7) is 0. The van der Waals surface area contributed by atoms with E-state index in [9.17, 15) is 0 Å². The summed E-state index contributed by atoms with van der Waals surface area (Å²) in [7, 11) is 0. The average molecular weight is 338 g/mol. The molecule has 0 saturated carbocycles. The van der Waals surface area contributed by atoms with Gasteiger partial charge in [-0.05, 0) is 33.0 Å². The molecule has 0 amide bonds. The minimum Gasteiger partial charge on any atom is -0.398 e. The minimum absolute atomic E-state index is 0.973. The molecule has 0 fully saturated rings. The quantitative estimate of drug-likeness (QED) is 0.541. The third-order valence-corrected chi connectivity index (χ3v) is 6.48. The largest absolute Gasteiger partial charge is 0.398 e. The van der Waals surface area contributed by atoms with Crippen molar-refractivity contribution in [3.63, 3.8) is 0 Å². The standard InChI is InChI=1S/C20H19NS2/c21-20-16-4-3-5-17(20)13-23-11-15-9-8-14(10-22-12-16)18-6-1-2-7-19(15)18/h1-9H,10-13,21H2. The van der Waals surface area contributed by atoms with Crippen LogP contribution in [0.4, 0.5) is 5.69 Å². The molecule has 0 saturated heterocycles. The maximum atomic E-state index is 6.38. The molecule has 0 atom stereocenters. The van der Waals surface area contributed by atoms with Crippen molar-refractivity contribution in [2.75, 3.05) is 5.73 Å². The van der Waals surface area contributed by atoms with Crippen LogP contribution in [0.15, 0.2) is 54.6 Å². The van der Waals surface area contributed by atoms with E-state index < -0.39 is 0 Å². The topological polar surface area (TPSA) is 26.0 Å². The molecule has 3 aromatic rings. The summed E-state index contributed by atoms with van der Waals surface area (Å²) < 4.78 is 0. The molecule has 1 nitrogen and oxygen atoms in total. The zero-order valence-electron chi connectivity index (χ0n) is 12.9. The Labute approximate surface area is 145 Å². The van der Waals surface area contributed by atoms with E-state index in [2.05, 4.69) is 54.6 Å². The Morgan fingerprint density at radius 1 is 0.565 bits per heavy atom. The molecule has 2 aliphatic rings. The van der Waals surface area contributed by atoms with Crippen molar-refractivity contribution in [2.24, 2.45) is 0 Å². The van der Waals surface area contributed by atoms with Crippen molar-refractivity contribution < 1.29 is 0 Å². The number of para-hydroxylation sites is 1. The summed E-state index contributed by atoms with van der Waals surface area (Å²) >= 11 is 3.89. The van der Waals surface area contributed by atoms with Crippen LogP contribution in [-0.2, 0) is 23.0 Å². The molecular weight excluding hydrogens is 318 g/mol. The van der Waals surface area contributed by atoms with Crippen LogP contribution in [0.3, 0.4) is 0 Å². The molecule has 3 aromatic carbocycles. The van der Waals surface area contributed by atoms with Crippen LogP contribution in [0.2, 0.25) is 0 Å². The van der Waals surface area contributed by atoms with E-state index in [1.54, 1.807) is 0 Å². The predicted molar refractivity (Wildman–Crippen MR) is 105 cm³/mol. The lowest BCUT2D eigenvalue weighted by Crippen LogP contribution is -1.98. The lowest BCUT2D eigenvalue weighted by atomic mass is 10.0. The highest BCUT2D eigenvalue weighted by atomic mass is 32.2. The van der Waals surface area contributed by atoms with E-state index >= 15 is 0 Å². The Morgan fingerprint density at radius 3 is 1.57 bits per heavy atom. The van der Waals surface area contributed by atoms with Crippen LogP contribution in [0.25, 0.3) is 10.8 Å². The number of fused-ring (bicyclic) bond motifs is 5. The Morgan fingerprint density at radius 2 is 1.04 bits per heavy atom. The first kappa shape index (κ1) is 15.0. The van der Waals surface area contributed by atoms with Crippen molar-refractivity contribution in [1.82, 2.24) is 0 Å². The second kappa shape index (κ2) is 6.50. The molecule has 5 rings (SSSR count). The number of nitrogen functional groups attached to an aromatic ring is 1. The molecule has 2 aliphatic heterocycles. The molecule has 0 aliphatic carbocycles. The zero-order chi connectivity index (χ0) is 15.6. The summed E-state index contributed by atoms with van der Waals surface area (Å²) in [6.07, 6.45) is 0. The molecule has 0 unspecified atom stereocenters. The zero-order valence-corrected chi connectivity index (χ0v) is 14.6. The predicted octanol–water partition coefficient (Wildman–Crippen LogP) is 5.60. The fourth-order valence-corrected chi connectivity index (χ4v) is 5.23. The van der Waals surface area contributed by atoms with Gasteiger partial charge in [0.1, 0.15) is 0 Å². The van der Waals surface area contributed by atoms with Gasteiger partial charge < -0.3 is 5.73 Å². The highest BCUT2D eigenvalue weighted by Crippen LogP contribution is 2.33. The molecule has 2 N–H and O–H groups in total. The van der Waals surface area contributed by atoms with Crippen LogP contribution < -0.4 is 5.73 Å². The number of thioether (sulfide) groups is 2. The van der Waals surface area contributed by atoms with Gasteiger partial charge in [-0.1, -0.05) is 54.6 Å². The normalized spacial score (nSPS) is 15.0. The number of anilines is 1. The van der Waals surface area contributed by atoms with Gasteiger partial charge in [-0.15, -0.1) is 0 Å². The number of rotatable bonds is 0. The first-order chi connectivity index (χ1) is 11.3. The SMILES string of the molecule is Nc1c2cccc1CSCc1ccc(c3ccccc13)CSC2. The summed E-state index contributed by atoms with van der Waals surface area (Å²) in [5, 5.41) is 2.80. The van der Waals surface area contributed by atoms with Crippen LogP contribution in [0.1, 0.15) is 22.3 Å². The molecule has 4 bridgehead atoms. The Balaban J connectivity index is 1.78. The summed E-state index contributed by atoms with van der Waals surface area (Å²) in [5.74, 6) is 4.00. The summed E-state index contributed by atoms with van der Waals surface area (Å²) in [4.78, 5) is 0. The molecular formula is C20H19NS2. The second-order valence-corrected chi connectivity index (χ2v) is 7.88. The van der Waals surface area contributed by atoms with Crippen LogP contribution in [0.5, 0.6) is 0 Å². The molecule has 0 spiro atoms. The summed E-state index contributed by atoms with van der Waals surface area (Å²) in [6, 6.07) is 19.9. The average Bonchev–Trinajstić information content (AvgIpc) is 2.59. The van der Waals surface area contributed by atoms with E-state index in [1.165, 1.54) is 33.0 Å². The first-order valence-corrected chi connectivity index (χ1v) is 10.1. The van der Waals surface area contributed by atoms with E-state index in [0.29, 0.717) is 0 Å². The van der Waals surface area contributed by atoms with Crippen molar-refractivity contribution in [3.05, 3.63) is 76.9 Å². The molecule has 2 heterocycles. The molecule has 23 heavy (non-hydrogen) atoms. The van der Waals surface area contributed by atoms with Crippen molar-refractivity contribution >= 4 is 40.0 Å². The van der Waals surface area contributed by atoms with E-state index in [0.717, 1.165) is 28.7 Å². The van der Waals surface area contributed by atoms with Gasteiger partial charge in [-0.3, -0.25) is 0 Å². The number of hydrogen-bond acceptors (Lipinski definition) is 3. The molecule has 3 heteroatoms. The van der Waals surface area contributed by atoms with Gasteiger partial charge in [0.05, 0.1) is 0 Å². The summed E-state index contributed by atoms with van der Waals surface area (Å²) in [5.41, 5.74) is 12.8. The Bertz CT molecular complexity index is 791. The van der Waals surface area contributed by atoms with E-state index in [-0.39, 0.29) is 0 Å². The highest BCUT2D eigenvalue weighted by Gasteiger charge is 2.10. The minimum atomic E-state index is 0.973. The second-order valence-electron chi connectivity index (χ2n) is 5.90. The Kier molecular flexibility index (Phi) is 4.23.